The van der Waals surface area contributed by atoms with Gasteiger partial charge in [-0.3, -0.25) is 38.8 Å². The fraction of sp³-hybridized carbons (Fsp3) is 0.684. The van der Waals surface area contributed by atoms with Crippen molar-refractivity contribution in [3.63, 3.8) is 0 Å². The zero-order chi connectivity index (χ0) is 40.9. The van der Waals surface area contributed by atoms with Crippen LogP contribution < -0.4 is 5.32 Å². The number of nitrogens with one attached hydrogen (secondary N) is 1. The molecule has 0 bridgehead atoms. The molecular weight excluding hydrogens is 702 g/mol. The predicted octanol–water partition coefficient (Wildman–Crippen LogP) is 2.45. The van der Waals surface area contributed by atoms with Gasteiger partial charge >= 0.3 is 29.8 Å². The molecule has 1 aliphatic rings. The van der Waals surface area contributed by atoms with Crippen LogP contribution in [0.1, 0.15) is 83.0 Å². The van der Waals surface area contributed by atoms with Crippen LogP contribution in [0, 0.1) is 0 Å². The lowest BCUT2D eigenvalue weighted by Gasteiger charge is -2.34. The van der Waals surface area contributed by atoms with Gasteiger partial charge in [-0.2, -0.15) is 0 Å². The smallest absolute Gasteiger partial charge is 0.337 e. The van der Waals surface area contributed by atoms with Gasteiger partial charge in [0.25, 0.3) is 0 Å². The number of hydrogen-bond acceptors (Lipinski definition) is 15. The van der Waals surface area contributed by atoms with Crippen LogP contribution in [0.5, 0.6) is 0 Å². The maximum Gasteiger partial charge on any atom is 0.337 e. The second kappa shape index (κ2) is 20.5. The molecule has 304 valence electrons. The minimum atomic E-state index is -0.695. The number of methoxy groups -OCH3 is 2. The molecule has 1 saturated heterocycles. The van der Waals surface area contributed by atoms with Gasteiger partial charge in [-0.15, -0.1) is 0 Å². The van der Waals surface area contributed by atoms with Gasteiger partial charge in [-0.05, 0) is 80.5 Å². The Kier molecular flexibility index (Phi) is 17.5. The molecule has 0 aromatic heterocycles. The van der Waals surface area contributed by atoms with Gasteiger partial charge in [-0.25, -0.2) is 9.59 Å². The van der Waals surface area contributed by atoms with Gasteiger partial charge < -0.3 is 29.0 Å². The van der Waals surface area contributed by atoms with E-state index >= 15 is 0 Å². The summed E-state index contributed by atoms with van der Waals surface area (Å²) >= 11 is 0. The van der Waals surface area contributed by atoms with Crippen molar-refractivity contribution in [2.45, 2.75) is 79.1 Å². The summed E-state index contributed by atoms with van der Waals surface area (Å²) in [7, 11) is 2.41. The van der Waals surface area contributed by atoms with Crippen molar-refractivity contribution in [1.29, 1.82) is 0 Å². The molecule has 0 saturated carbocycles. The van der Waals surface area contributed by atoms with Gasteiger partial charge in [0, 0.05) is 58.0 Å². The third-order valence-corrected chi connectivity index (χ3v) is 7.67. The third kappa shape index (κ3) is 18.8. The van der Waals surface area contributed by atoms with Crippen molar-refractivity contribution in [1.82, 2.24) is 19.6 Å². The zero-order valence-corrected chi connectivity index (χ0v) is 34.0. The number of carbonyl (C=O) groups is 6. The number of rotatable bonds is 11. The van der Waals surface area contributed by atoms with Crippen LogP contribution in [0.4, 0.5) is 5.69 Å². The Morgan fingerprint density at radius 3 is 1.04 bits per heavy atom. The highest BCUT2D eigenvalue weighted by atomic mass is 16.6. The fourth-order valence-electron chi connectivity index (χ4n) is 5.45. The first-order valence-electron chi connectivity index (χ1n) is 18.1. The molecule has 16 heteroatoms. The van der Waals surface area contributed by atoms with Crippen molar-refractivity contribution in [3.05, 3.63) is 29.3 Å². The van der Waals surface area contributed by atoms with E-state index in [1.165, 1.54) is 32.4 Å². The van der Waals surface area contributed by atoms with E-state index < -0.39 is 46.6 Å². The molecular formula is C38H61N5O11. The highest BCUT2D eigenvalue weighted by Gasteiger charge is 2.26. The molecule has 0 radical (unpaired) electrons. The van der Waals surface area contributed by atoms with Crippen LogP contribution in [0.2, 0.25) is 0 Å². The maximum absolute atomic E-state index is 13.5. The van der Waals surface area contributed by atoms with E-state index in [1.54, 1.807) is 62.3 Å². The van der Waals surface area contributed by atoms with Crippen LogP contribution in [0.25, 0.3) is 0 Å². The molecule has 2 rings (SSSR count). The average molecular weight is 764 g/mol. The number of carbonyl (C=O) groups excluding carboxylic acids is 6. The third-order valence-electron chi connectivity index (χ3n) is 7.67. The number of amides is 1. The molecule has 1 amide bonds. The molecule has 1 heterocycles. The number of nitrogens with zero attached hydrogens (tertiary/aromatic N) is 4. The molecule has 0 atom stereocenters. The van der Waals surface area contributed by atoms with Gasteiger partial charge in [-0.1, -0.05) is 0 Å². The molecule has 1 fully saturated rings. The largest absolute Gasteiger partial charge is 0.465 e. The maximum atomic E-state index is 13.5. The Bertz CT molecular complexity index is 1380. The first-order chi connectivity index (χ1) is 24.9. The standard InChI is InChI=1S/C38H61N5O11/c1-36(2,3)52-31(45)24-41-14-12-40(23-30(44)39-29-21-27(34(48)50-10)20-28(22-29)35(49)51-11)13-15-42(25-32(46)53-37(4,5)6)17-19-43(18-16-41)26-33(47)54-38(7,8)9/h20-22H,12-19,23-26H2,1-11H3,(H,39,44). The zero-order valence-electron chi connectivity index (χ0n) is 34.0. The van der Waals surface area contributed by atoms with Gasteiger partial charge in [0.2, 0.25) is 5.91 Å². The Morgan fingerprint density at radius 1 is 0.500 bits per heavy atom. The van der Waals surface area contributed by atoms with Crippen LogP contribution >= 0.6 is 0 Å². The van der Waals surface area contributed by atoms with E-state index in [0.29, 0.717) is 52.4 Å². The molecule has 1 aromatic rings. The van der Waals surface area contributed by atoms with E-state index in [1.807, 2.05) is 19.6 Å². The second-order valence-electron chi connectivity index (χ2n) is 16.2. The van der Waals surface area contributed by atoms with Gasteiger partial charge in [0.1, 0.15) is 16.8 Å². The summed E-state index contributed by atoms with van der Waals surface area (Å²) in [5, 5.41) is 2.77. The number of benzene rings is 1. The number of hydrogen-bond donors (Lipinski definition) is 1. The van der Waals surface area contributed by atoms with Crippen LogP contribution in [-0.4, -0.2) is 165 Å². The monoisotopic (exact) mass is 763 g/mol. The summed E-state index contributed by atoms with van der Waals surface area (Å²) in [6, 6.07) is 4.12. The number of esters is 5. The summed E-state index contributed by atoms with van der Waals surface area (Å²) in [5.41, 5.74) is -1.74. The van der Waals surface area contributed by atoms with Gasteiger partial charge in [0.05, 0.1) is 51.5 Å². The van der Waals surface area contributed by atoms with E-state index in [2.05, 4.69) is 5.32 Å². The first kappa shape index (κ1) is 46.0. The highest BCUT2D eigenvalue weighted by Crippen LogP contribution is 2.18. The SMILES string of the molecule is COC(=O)c1cc(NC(=O)CN2CCN(CC(=O)OC(C)(C)C)CCN(CC(=O)OC(C)(C)C)CCN(CC(=O)OC(C)(C)C)CC2)cc(C(=O)OC)c1. The normalized spacial score (nSPS) is 16.3. The topological polar surface area (TPSA) is 174 Å². The molecule has 1 aliphatic heterocycles. The summed E-state index contributed by atoms with van der Waals surface area (Å²) in [6.45, 7) is 19.1. The molecule has 16 nitrogen and oxygen atoms in total. The van der Waals surface area contributed by atoms with Crippen LogP contribution in [-0.2, 0) is 42.9 Å². The van der Waals surface area contributed by atoms with Gasteiger partial charge in [0.15, 0.2) is 0 Å². The van der Waals surface area contributed by atoms with E-state index in [9.17, 15) is 28.8 Å². The number of anilines is 1. The Hall–Kier alpha value is -4.12. The summed E-state index contributed by atoms with van der Waals surface area (Å²) < 4.78 is 26.4. The number of ether oxygens (including phenoxy) is 5. The predicted molar refractivity (Wildman–Crippen MR) is 201 cm³/mol. The Balaban J connectivity index is 2.39. The van der Waals surface area contributed by atoms with Crippen molar-refractivity contribution in [2.24, 2.45) is 0 Å². The molecule has 0 aliphatic carbocycles. The summed E-state index contributed by atoms with van der Waals surface area (Å²) in [5.74, 6) is -3.03. The van der Waals surface area contributed by atoms with Crippen LogP contribution in [0.15, 0.2) is 18.2 Å². The van der Waals surface area contributed by atoms with E-state index in [0.717, 1.165) is 0 Å². The lowest BCUT2D eigenvalue weighted by molar-refractivity contribution is -0.158. The van der Waals surface area contributed by atoms with Crippen molar-refractivity contribution >= 4 is 41.4 Å². The molecule has 54 heavy (non-hydrogen) atoms. The minimum absolute atomic E-state index is 0.0129. The quantitative estimate of drug-likeness (QED) is 0.257. The highest BCUT2D eigenvalue weighted by molar-refractivity contribution is 5.99. The average Bonchev–Trinajstić information content (AvgIpc) is 3.02. The molecule has 1 N–H and O–H groups in total. The second-order valence-corrected chi connectivity index (χ2v) is 16.2. The fourth-order valence-corrected chi connectivity index (χ4v) is 5.45. The molecule has 1 aromatic carbocycles. The van der Waals surface area contributed by atoms with Crippen molar-refractivity contribution in [3.8, 4) is 0 Å². The summed E-state index contributed by atoms with van der Waals surface area (Å²) in [4.78, 5) is 84.7. The Morgan fingerprint density at radius 2 is 0.778 bits per heavy atom. The molecule has 0 spiro atoms. The summed E-state index contributed by atoms with van der Waals surface area (Å²) in [6.07, 6.45) is 0. The van der Waals surface area contributed by atoms with Crippen LogP contribution in [0.3, 0.4) is 0 Å². The minimum Gasteiger partial charge on any atom is -0.465 e. The van der Waals surface area contributed by atoms with E-state index in [-0.39, 0.29) is 49.0 Å². The van der Waals surface area contributed by atoms with Crippen molar-refractivity contribution in [2.75, 3.05) is 98.1 Å². The lowest BCUT2D eigenvalue weighted by Crippen LogP contribution is -2.50. The first-order valence-corrected chi connectivity index (χ1v) is 18.1. The lowest BCUT2D eigenvalue weighted by atomic mass is 10.1. The van der Waals surface area contributed by atoms with E-state index in [4.69, 9.17) is 23.7 Å². The molecule has 0 unspecified atom stereocenters. The Labute approximate surface area is 319 Å². The van der Waals surface area contributed by atoms with Crippen molar-refractivity contribution < 1.29 is 52.5 Å².